The number of halogens is 34. The minimum atomic E-state index is -8.85. The first-order chi connectivity index (χ1) is 33.2. The predicted octanol–water partition coefficient (Wildman–Crippen LogP) is 16.0. The van der Waals surface area contributed by atoms with Crippen molar-refractivity contribution in [1.82, 2.24) is 0 Å². The predicted molar refractivity (Wildman–Crippen MR) is 191 cm³/mol. The van der Waals surface area contributed by atoms with Crippen molar-refractivity contribution in [1.29, 1.82) is 0 Å². The Labute approximate surface area is 406 Å². The average molecular weight is 1220 g/mol. The van der Waals surface area contributed by atoms with Crippen LogP contribution in [0, 0.1) is 0 Å². The zero-order valence-corrected chi connectivity index (χ0v) is 37.5. The van der Waals surface area contributed by atoms with Crippen LogP contribution in [0.5, 0.6) is 0 Å². The van der Waals surface area contributed by atoms with Crippen molar-refractivity contribution >= 4 is 44.8 Å². The fraction of sp³-hybridized carbons (Fsp3) is 0.611. The van der Waals surface area contributed by atoms with Gasteiger partial charge in [-0.1, -0.05) is 21.6 Å². The maximum absolute atomic E-state index is 14.3. The molecule has 0 aliphatic rings. The van der Waals surface area contributed by atoms with Crippen molar-refractivity contribution in [2.45, 2.75) is 131 Å². The smallest absolute Gasteiger partial charge is 0.315 e. The molecule has 0 fully saturated rings. The molecule has 0 heterocycles. The first kappa shape index (κ1) is 67.8. The maximum atomic E-state index is 14.3. The van der Waals surface area contributed by atoms with E-state index in [0.717, 1.165) is 70.1 Å². The van der Waals surface area contributed by atoms with E-state index in [1.165, 1.54) is 0 Å². The number of hydrogen-bond acceptors (Lipinski definition) is 4. The molecular weight excluding hydrogens is 1200 g/mol. The van der Waals surface area contributed by atoms with Gasteiger partial charge in [0.15, 0.2) is 0 Å². The highest BCUT2D eigenvalue weighted by molar-refractivity contribution is 8.76. The second kappa shape index (κ2) is 20.4. The van der Waals surface area contributed by atoms with E-state index < -0.39 is 144 Å². The van der Waals surface area contributed by atoms with E-state index in [0.29, 0.717) is 14.1 Å². The van der Waals surface area contributed by atoms with Gasteiger partial charge in [0, 0.05) is 60.9 Å². The molecule has 0 bridgehead atoms. The SMILES string of the molecule is CN(C(=O)CCC(F)(F)C(F)(F)C(F)(F)C(F)(F)C(F)(F)C(F)(F)C(F)(F)C(F)(F)F)c1ccc(SSc2ccc(N(C)C(=O)CCC(F)(F)C(F)(F)C(F)(F)C(F)(F)C(F)(F)C(F)(F)C(F)(F)C(F)(F)F)cc2)cc1. The molecule has 2 rings (SSSR count). The number of rotatable bonds is 23. The molecular formula is C36H22F34N2O2S2. The molecule has 2 amide bonds. The van der Waals surface area contributed by atoms with Gasteiger partial charge >= 0.3 is 95.3 Å². The van der Waals surface area contributed by atoms with Crippen molar-refractivity contribution in [3.8, 4) is 0 Å². The second-order valence-corrected chi connectivity index (χ2v) is 17.6. The normalized spacial score (nSPS) is 15.3. The van der Waals surface area contributed by atoms with E-state index in [-0.39, 0.29) is 19.6 Å². The number of hydrogen-bond donors (Lipinski definition) is 0. The molecule has 0 saturated heterocycles. The Balaban J connectivity index is 2.14. The van der Waals surface area contributed by atoms with Gasteiger partial charge < -0.3 is 9.80 Å². The molecule has 0 N–H and O–H groups in total. The molecule has 0 saturated carbocycles. The molecule has 40 heteroatoms. The molecule has 4 nitrogen and oxygen atoms in total. The Morgan fingerprint density at radius 1 is 0.316 bits per heavy atom. The van der Waals surface area contributed by atoms with Gasteiger partial charge in [-0.05, 0) is 48.5 Å². The number of carbonyl (C=O) groups is 2. The highest BCUT2D eigenvalue weighted by atomic mass is 33.1. The van der Waals surface area contributed by atoms with Crippen LogP contribution in [0.1, 0.15) is 25.7 Å². The van der Waals surface area contributed by atoms with Crippen molar-refractivity contribution in [2.24, 2.45) is 0 Å². The number of alkyl halides is 34. The van der Waals surface area contributed by atoms with Crippen LogP contribution in [-0.4, -0.2) is 121 Å². The van der Waals surface area contributed by atoms with Crippen LogP contribution >= 0.6 is 21.6 Å². The first-order valence-electron chi connectivity index (χ1n) is 18.8. The van der Waals surface area contributed by atoms with Crippen LogP contribution < -0.4 is 9.80 Å². The van der Waals surface area contributed by atoms with Crippen molar-refractivity contribution < 1.29 is 159 Å². The van der Waals surface area contributed by atoms with Crippen molar-refractivity contribution in [3.05, 3.63) is 48.5 Å². The van der Waals surface area contributed by atoms with Gasteiger partial charge in [0.2, 0.25) is 11.8 Å². The Morgan fingerprint density at radius 2 is 0.500 bits per heavy atom. The van der Waals surface area contributed by atoms with Gasteiger partial charge in [-0.3, -0.25) is 9.59 Å². The Hall–Kier alpha value is -4.30. The average Bonchev–Trinajstić information content (AvgIpc) is 3.27. The summed E-state index contributed by atoms with van der Waals surface area (Å²) in [5, 5.41) is 0. The number of amides is 2. The lowest BCUT2D eigenvalue weighted by Gasteiger charge is -2.42. The third kappa shape index (κ3) is 10.8. The van der Waals surface area contributed by atoms with Crippen LogP contribution in [0.2, 0.25) is 0 Å². The minimum absolute atomic E-state index is 0.133. The summed E-state index contributed by atoms with van der Waals surface area (Å²) in [5.41, 5.74) is -0.829. The summed E-state index contributed by atoms with van der Waals surface area (Å²) in [7, 11) is 2.78. The molecule has 0 spiro atoms. The van der Waals surface area contributed by atoms with Crippen LogP contribution in [0.3, 0.4) is 0 Å². The fourth-order valence-corrected chi connectivity index (χ4v) is 7.34. The summed E-state index contributed by atoms with van der Waals surface area (Å²) in [5.74, 6) is -120. The second-order valence-electron chi connectivity index (χ2n) is 15.4. The fourth-order valence-electron chi connectivity index (χ4n) is 5.40. The Bertz CT molecular complexity index is 2200. The minimum Gasteiger partial charge on any atom is -0.315 e. The molecule has 0 unspecified atom stereocenters. The quantitative estimate of drug-likeness (QED) is 0.0821. The molecule has 0 radical (unpaired) electrons. The lowest BCUT2D eigenvalue weighted by molar-refractivity contribution is -0.461. The number of benzene rings is 2. The molecule has 2 aromatic carbocycles. The van der Waals surface area contributed by atoms with Crippen LogP contribution in [0.15, 0.2) is 58.3 Å². The van der Waals surface area contributed by atoms with Gasteiger partial charge in [-0.2, -0.15) is 149 Å². The molecule has 0 aliphatic heterocycles. The zero-order chi connectivity index (χ0) is 60.5. The summed E-state index contributed by atoms with van der Waals surface area (Å²) < 4.78 is 460. The van der Waals surface area contributed by atoms with Gasteiger partial charge in [0.1, 0.15) is 0 Å². The standard InChI is InChI=1S/C36H22F34N2O2S2/c1-71(19(73)11-13-21(37,38)23(41,42)25(45,46)27(49,50)29(53,54)31(57,58)33(61,62)35(65,66)67)15-3-7-17(8-4-15)75-76-18-9-5-16(6-10-18)72(2)20(74)12-14-22(39,40)24(43,44)26(47,48)28(51,52)30(55,56)32(59,60)34(63,64)36(68,69)70/h3-10H,11-14H2,1-2H3. The van der Waals surface area contributed by atoms with E-state index in [9.17, 15) is 159 Å². The number of anilines is 2. The Morgan fingerprint density at radius 3 is 0.697 bits per heavy atom. The van der Waals surface area contributed by atoms with E-state index in [2.05, 4.69) is 0 Å². The highest BCUT2D eigenvalue weighted by Crippen LogP contribution is 2.66. The monoisotopic (exact) mass is 1220 g/mol. The van der Waals surface area contributed by atoms with E-state index in [1.54, 1.807) is 0 Å². The molecule has 2 aromatic rings. The topological polar surface area (TPSA) is 40.6 Å². The molecule has 438 valence electrons. The largest absolute Gasteiger partial charge is 0.460 e. The van der Waals surface area contributed by atoms with Crippen molar-refractivity contribution in [3.63, 3.8) is 0 Å². The maximum Gasteiger partial charge on any atom is 0.460 e. The van der Waals surface area contributed by atoms with Gasteiger partial charge in [-0.25, -0.2) is 0 Å². The molecule has 76 heavy (non-hydrogen) atoms. The highest BCUT2D eigenvalue weighted by Gasteiger charge is 2.97. The Kier molecular flexibility index (Phi) is 18.2. The molecule has 0 aromatic heterocycles. The third-order valence-corrected chi connectivity index (χ3v) is 12.7. The lowest BCUT2D eigenvalue weighted by atomic mass is 9.88. The van der Waals surface area contributed by atoms with Gasteiger partial charge in [0.25, 0.3) is 0 Å². The van der Waals surface area contributed by atoms with Crippen LogP contribution in [0.25, 0.3) is 0 Å². The third-order valence-electron chi connectivity index (χ3n) is 10.3. The van der Waals surface area contributed by atoms with E-state index >= 15 is 0 Å². The summed E-state index contributed by atoms with van der Waals surface area (Å²) >= 11 is 0. The summed E-state index contributed by atoms with van der Waals surface area (Å²) in [6, 6.07) is 7.87. The lowest BCUT2D eigenvalue weighted by Crippen LogP contribution is -2.74. The van der Waals surface area contributed by atoms with Crippen LogP contribution in [-0.2, 0) is 9.59 Å². The molecule has 0 atom stereocenters. The van der Waals surface area contributed by atoms with Crippen molar-refractivity contribution in [2.75, 3.05) is 23.9 Å². The van der Waals surface area contributed by atoms with Gasteiger partial charge in [-0.15, -0.1) is 0 Å². The first-order valence-corrected chi connectivity index (χ1v) is 20.9. The van der Waals surface area contributed by atoms with Crippen LogP contribution in [0.4, 0.5) is 161 Å². The van der Waals surface area contributed by atoms with E-state index in [1.807, 2.05) is 0 Å². The summed E-state index contributed by atoms with van der Waals surface area (Å²) in [6.45, 7) is 0. The number of nitrogens with zero attached hydrogens (tertiary/aromatic N) is 2. The zero-order valence-electron chi connectivity index (χ0n) is 35.8. The van der Waals surface area contributed by atoms with Gasteiger partial charge in [0.05, 0.1) is 0 Å². The molecule has 0 aliphatic carbocycles. The number of carbonyl (C=O) groups excluding carboxylic acids is 2. The summed E-state index contributed by atoms with van der Waals surface area (Å²) in [4.78, 5) is 25.6. The summed E-state index contributed by atoms with van der Waals surface area (Å²) in [6.07, 6.45) is -26.2. The van der Waals surface area contributed by atoms with E-state index in [4.69, 9.17) is 0 Å².